The van der Waals surface area contributed by atoms with Gasteiger partial charge in [-0.05, 0) is 45.1 Å². The van der Waals surface area contributed by atoms with E-state index >= 15 is 0 Å². The summed E-state index contributed by atoms with van der Waals surface area (Å²) in [4.78, 5) is 11.9. The van der Waals surface area contributed by atoms with Crippen LogP contribution in [0, 0.1) is 5.92 Å². The summed E-state index contributed by atoms with van der Waals surface area (Å²) in [6.07, 6.45) is 3.97. The predicted octanol–water partition coefficient (Wildman–Crippen LogP) is 1.10. The van der Waals surface area contributed by atoms with Crippen molar-refractivity contribution in [1.82, 2.24) is 5.32 Å². The number of carbonyl (C=O) groups excluding carboxylic acids is 1. The lowest BCUT2D eigenvalue weighted by Gasteiger charge is -2.25. The number of hydrogen-bond acceptors (Lipinski definition) is 4. The molecule has 4 heteroatoms. The topological polar surface area (TPSA) is 47.6 Å². The van der Waals surface area contributed by atoms with E-state index in [1.165, 1.54) is 0 Å². The first-order chi connectivity index (χ1) is 7.71. The molecule has 2 aliphatic heterocycles. The summed E-state index contributed by atoms with van der Waals surface area (Å²) in [5.41, 5.74) is -0.439. The summed E-state index contributed by atoms with van der Waals surface area (Å²) < 4.78 is 10.7. The maximum absolute atomic E-state index is 11.9. The Morgan fingerprint density at radius 3 is 2.88 bits per heavy atom. The fourth-order valence-electron chi connectivity index (χ4n) is 2.33. The van der Waals surface area contributed by atoms with E-state index < -0.39 is 5.54 Å². The third-order valence-electron chi connectivity index (χ3n) is 3.61. The van der Waals surface area contributed by atoms with Gasteiger partial charge in [-0.25, -0.2) is 0 Å². The van der Waals surface area contributed by atoms with E-state index in [4.69, 9.17) is 9.47 Å². The first kappa shape index (κ1) is 11.9. The maximum atomic E-state index is 11.9. The molecule has 0 aromatic carbocycles. The van der Waals surface area contributed by atoms with E-state index in [1.807, 2.05) is 6.92 Å². The van der Waals surface area contributed by atoms with Crippen LogP contribution in [0.2, 0.25) is 0 Å². The van der Waals surface area contributed by atoms with Crippen molar-refractivity contribution in [3.05, 3.63) is 0 Å². The van der Waals surface area contributed by atoms with E-state index in [9.17, 15) is 4.79 Å². The van der Waals surface area contributed by atoms with Crippen LogP contribution in [-0.2, 0) is 14.3 Å². The third-order valence-corrected chi connectivity index (χ3v) is 3.61. The molecular formula is C12H21NO3. The molecule has 0 aromatic heterocycles. The number of nitrogens with one attached hydrogen (secondary N) is 1. The zero-order chi connectivity index (χ0) is 11.4. The van der Waals surface area contributed by atoms with Crippen molar-refractivity contribution < 1.29 is 14.3 Å². The average molecular weight is 227 g/mol. The molecule has 0 aliphatic carbocycles. The maximum Gasteiger partial charge on any atom is 0.326 e. The summed E-state index contributed by atoms with van der Waals surface area (Å²) >= 11 is 0. The van der Waals surface area contributed by atoms with Gasteiger partial charge in [-0.15, -0.1) is 0 Å². The van der Waals surface area contributed by atoms with Crippen molar-refractivity contribution in [3.63, 3.8) is 0 Å². The summed E-state index contributed by atoms with van der Waals surface area (Å²) in [7, 11) is 0. The van der Waals surface area contributed by atoms with E-state index in [1.54, 1.807) is 0 Å². The van der Waals surface area contributed by atoms with Gasteiger partial charge in [0.2, 0.25) is 0 Å². The number of ether oxygens (including phenoxy) is 2. The molecule has 2 rings (SSSR count). The molecule has 0 aromatic rings. The fourth-order valence-corrected chi connectivity index (χ4v) is 2.33. The van der Waals surface area contributed by atoms with Gasteiger partial charge in [-0.2, -0.15) is 0 Å². The second-order valence-electron chi connectivity index (χ2n) is 5.02. The molecule has 2 fully saturated rings. The highest BCUT2D eigenvalue weighted by atomic mass is 16.5. The van der Waals surface area contributed by atoms with E-state index in [0.29, 0.717) is 12.5 Å². The van der Waals surface area contributed by atoms with Gasteiger partial charge in [-0.1, -0.05) is 0 Å². The summed E-state index contributed by atoms with van der Waals surface area (Å²) in [5.74, 6) is 0.402. The molecule has 4 nitrogen and oxygen atoms in total. The highest BCUT2D eigenvalue weighted by molar-refractivity contribution is 5.80. The normalized spacial score (nSPS) is 31.6. The van der Waals surface area contributed by atoms with Gasteiger partial charge in [0, 0.05) is 13.2 Å². The van der Waals surface area contributed by atoms with Gasteiger partial charge in [0.15, 0.2) is 0 Å². The predicted molar refractivity (Wildman–Crippen MR) is 60.1 cm³/mol. The molecule has 2 aliphatic rings. The monoisotopic (exact) mass is 227 g/mol. The standard InChI is InChI=1S/C12H21NO3/c1-12(5-2-6-13-12)11(14)16-9-10-3-7-15-8-4-10/h10,13H,2-9H2,1H3. The molecule has 2 heterocycles. The molecule has 2 saturated heterocycles. The Hall–Kier alpha value is -0.610. The Labute approximate surface area is 96.7 Å². The molecule has 0 amide bonds. The zero-order valence-corrected chi connectivity index (χ0v) is 9.96. The van der Waals surface area contributed by atoms with Crippen molar-refractivity contribution in [1.29, 1.82) is 0 Å². The van der Waals surface area contributed by atoms with E-state index in [2.05, 4.69) is 5.32 Å². The minimum atomic E-state index is -0.439. The number of carbonyl (C=O) groups is 1. The average Bonchev–Trinajstić information content (AvgIpc) is 2.76. The van der Waals surface area contributed by atoms with Crippen LogP contribution in [0.4, 0.5) is 0 Å². The van der Waals surface area contributed by atoms with Crippen LogP contribution in [0.5, 0.6) is 0 Å². The smallest absolute Gasteiger partial charge is 0.326 e. The van der Waals surface area contributed by atoms with Gasteiger partial charge in [0.1, 0.15) is 5.54 Å². The Kier molecular flexibility index (Phi) is 3.82. The van der Waals surface area contributed by atoms with Gasteiger partial charge < -0.3 is 14.8 Å². The van der Waals surface area contributed by atoms with Crippen LogP contribution in [-0.4, -0.2) is 37.9 Å². The van der Waals surface area contributed by atoms with Crippen molar-refractivity contribution in [2.75, 3.05) is 26.4 Å². The summed E-state index contributed by atoms with van der Waals surface area (Å²) in [6, 6.07) is 0. The molecule has 0 bridgehead atoms. The minimum Gasteiger partial charge on any atom is -0.464 e. The quantitative estimate of drug-likeness (QED) is 0.733. The van der Waals surface area contributed by atoms with Gasteiger partial charge in [-0.3, -0.25) is 4.79 Å². The molecule has 1 unspecified atom stereocenters. The second-order valence-corrected chi connectivity index (χ2v) is 5.02. The third kappa shape index (κ3) is 2.74. The molecule has 92 valence electrons. The highest BCUT2D eigenvalue weighted by Gasteiger charge is 2.37. The molecule has 1 N–H and O–H groups in total. The largest absolute Gasteiger partial charge is 0.464 e. The van der Waals surface area contributed by atoms with Crippen LogP contribution in [0.15, 0.2) is 0 Å². The Bertz CT molecular complexity index is 243. The minimum absolute atomic E-state index is 0.0866. The van der Waals surface area contributed by atoms with Crippen LogP contribution in [0.1, 0.15) is 32.6 Å². The van der Waals surface area contributed by atoms with Crippen molar-refractivity contribution in [2.45, 2.75) is 38.1 Å². The van der Waals surface area contributed by atoms with E-state index in [0.717, 1.165) is 45.4 Å². The second kappa shape index (κ2) is 5.15. The van der Waals surface area contributed by atoms with Crippen molar-refractivity contribution >= 4 is 5.97 Å². The Balaban J connectivity index is 1.74. The molecule has 0 spiro atoms. The van der Waals surface area contributed by atoms with Crippen LogP contribution >= 0.6 is 0 Å². The first-order valence-electron chi connectivity index (χ1n) is 6.21. The summed E-state index contributed by atoms with van der Waals surface area (Å²) in [5, 5.41) is 3.22. The molecular weight excluding hydrogens is 206 g/mol. The molecule has 0 radical (unpaired) electrons. The van der Waals surface area contributed by atoms with Gasteiger partial charge in [0.05, 0.1) is 6.61 Å². The Morgan fingerprint density at radius 2 is 2.25 bits per heavy atom. The molecule has 1 atom stereocenters. The van der Waals surface area contributed by atoms with Crippen molar-refractivity contribution in [3.8, 4) is 0 Å². The highest BCUT2D eigenvalue weighted by Crippen LogP contribution is 2.21. The lowest BCUT2D eigenvalue weighted by molar-refractivity contribution is -0.152. The molecule has 0 saturated carbocycles. The van der Waals surface area contributed by atoms with Crippen LogP contribution in [0.25, 0.3) is 0 Å². The first-order valence-corrected chi connectivity index (χ1v) is 6.21. The van der Waals surface area contributed by atoms with E-state index in [-0.39, 0.29) is 5.97 Å². The van der Waals surface area contributed by atoms with Gasteiger partial charge in [0.25, 0.3) is 0 Å². The van der Waals surface area contributed by atoms with Crippen LogP contribution < -0.4 is 5.32 Å². The number of hydrogen-bond donors (Lipinski definition) is 1. The lowest BCUT2D eigenvalue weighted by atomic mass is 9.99. The summed E-state index contributed by atoms with van der Waals surface area (Å²) in [6.45, 7) is 5.02. The number of esters is 1. The van der Waals surface area contributed by atoms with Crippen LogP contribution in [0.3, 0.4) is 0 Å². The SMILES string of the molecule is CC1(C(=O)OCC2CCOCC2)CCCN1. The Morgan fingerprint density at radius 1 is 1.50 bits per heavy atom. The molecule has 16 heavy (non-hydrogen) atoms. The zero-order valence-electron chi connectivity index (χ0n) is 9.96. The lowest BCUT2D eigenvalue weighted by Crippen LogP contribution is -2.46. The van der Waals surface area contributed by atoms with Gasteiger partial charge >= 0.3 is 5.97 Å². The number of rotatable bonds is 3. The fraction of sp³-hybridized carbons (Fsp3) is 0.917. The van der Waals surface area contributed by atoms with Crippen molar-refractivity contribution in [2.24, 2.45) is 5.92 Å².